The highest BCUT2D eigenvalue weighted by Crippen LogP contribution is 2.58. The maximum atomic E-state index is 11.8. The van der Waals surface area contributed by atoms with Crippen molar-refractivity contribution < 1.29 is 14.3 Å². The van der Waals surface area contributed by atoms with Crippen molar-refractivity contribution in [1.82, 2.24) is 4.90 Å². The van der Waals surface area contributed by atoms with Crippen molar-refractivity contribution in [3.63, 3.8) is 0 Å². The Morgan fingerprint density at radius 3 is 2.53 bits per heavy atom. The third kappa shape index (κ3) is 1.02. The molecule has 1 amide bonds. The summed E-state index contributed by atoms with van der Waals surface area (Å²) in [6, 6.07) is 0.219. The standard InChI is InChI=1S/C9H7Br2NO3/c10-9(11)7(14)12(5-1-2-5)8(9)4-3-6(13)15-8/h3-5H,1-2H2. The number of hydrogen-bond donors (Lipinski definition) is 0. The van der Waals surface area contributed by atoms with Gasteiger partial charge in [-0.05, 0) is 18.9 Å². The summed E-state index contributed by atoms with van der Waals surface area (Å²) in [5, 5.41) is 0. The molecule has 0 aromatic rings. The molecule has 0 aromatic heterocycles. The zero-order valence-electron chi connectivity index (χ0n) is 7.57. The van der Waals surface area contributed by atoms with Crippen molar-refractivity contribution in [2.45, 2.75) is 27.8 Å². The predicted octanol–water partition coefficient (Wildman–Crippen LogP) is 1.29. The number of hydrogen-bond acceptors (Lipinski definition) is 3. The highest BCUT2D eigenvalue weighted by atomic mass is 79.9. The number of rotatable bonds is 1. The molecular formula is C9H7Br2NO3. The summed E-state index contributed by atoms with van der Waals surface area (Å²) in [6.07, 6.45) is 4.96. The monoisotopic (exact) mass is 335 g/mol. The highest BCUT2D eigenvalue weighted by molar-refractivity contribution is 9.26. The van der Waals surface area contributed by atoms with E-state index in [0.717, 1.165) is 12.8 Å². The summed E-state index contributed by atoms with van der Waals surface area (Å²) < 4.78 is 4.26. The molecule has 0 aromatic carbocycles. The van der Waals surface area contributed by atoms with Crippen LogP contribution in [0, 0.1) is 0 Å². The zero-order valence-corrected chi connectivity index (χ0v) is 10.7. The normalized spacial score (nSPS) is 37.1. The molecule has 1 unspecified atom stereocenters. The van der Waals surface area contributed by atoms with Crippen LogP contribution in [0.25, 0.3) is 0 Å². The number of likely N-dealkylation sites (tertiary alicyclic amines) is 1. The first kappa shape index (κ1) is 9.84. The van der Waals surface area contributed by atoms with Crippen LogP contribution in [0.5, 0.6) is 0 Å². The van der Waals surface area contributed by atoms with Crippen molar-refractivity contribution in [3.05, 3.63) is 12.2 Å². The Bertz CT molecular complexity index is 402. The first-order valence-electron chi connectivity index (χ1n) is 4.63. The predicted molar refractivity (Wildman–Crippen MR) is 58.4 cm³/mol. The van der Waals surface area contributed by atoms with E-state index in [1.807, 2.05) is 0 Å². The van der Waals surface area contributed by atoms with Gasteiger partial charge in [-0.2, -0.15) is 0 Å². The fourth-order valence-electron chi connectivity index (χ4n) is 2.02. The number of β-lactam (4-membered cyclic amide) rings is 1. The second kappa shape index (κ2) is 2.66. The fourth-order valence-corrected chi connectivity index (χ4v) is 3.21. The summed E-state index contributed by atoms with van der Waals surface area (Å²) in [5.41, 5.74) is -0.956. The molecule has 1 saturated carbocycles. The molecule has 0 N–H and O–H groups in total. The van der Waals surface area contributed by atoms with E-state index in [2.05, 4.69) is 31.9 Å². The van der Waals surface area contributed by atoms with Crippen LogP contribution in [0.2, 0.25) is 0 Å². The SMILES string of the molecule is O=C1C=CC2(O1)N(C1CC1)C(=O)C2(Br)Br. The number of carbonyl (C=O) groups is 2. The van der Waals surface area contributed by atoms with Crippen molar-refractivity contribution in [1.29, 1.82) is 0 Å². The Morgan fingerprint density at radius 1 is 1.40 bits per heavy atom. The Balaban J connectivity index is 2.01. The van der Waals surface area contributed by atoms with Crippen LogP contribution >= 0.6 is 31.9 Å². The van der Waals surface area contributed by atoms with Crippen LogP contribution in [-0.4, -0.2) is 31.8 Å². The average Bonchev–Trinajstić information content (AvgIpc) is 2.90. The van der Waals surface area contributed by atoms with Crippen LogP contribution in [-0.2, 0) is 14.3 Å². The molecule has 3 aliphatic rings. The molecule has 15 heavy (non-hydrogen) atoms. The van der Waals surface area contributed by atoms with Gasteiger partial charge < -0.3 is 4.74 Å². The van der Waals surface area contributed by atoms with E-state index in [1.165, 1.54) is 6.08 Å². The molecule has 2 heterocycles. The fraction of sp³-hybridized carbons (Fsp3) is 0.556. The topological polar surface area (TPSA) is 46.6 Å². The van der Waals surface area contributed by atoms with Gasteiger partial charge in [0.25, 0.3) is 5.91 Å². The third-order valence-electron chi connectivity index (χ3n) is 2.91. The molecule has 1 saturated heterocycles. The number of alkyl halides is 2. The minimum absolute atomic E-state index is 0.0793. The summed E-state index contributed by atoms with van der Waals surface area (Å²) >= 11 is 6.55. The Hall–Kier alpha value is -0.360. The van der Waals surface area contributed by atoms with Gasteiger partial charge in [0, 0.05) is 12.1 Å². The summed E-state index contributed by atoms with van der Waals surface area (Å²) in [7, 11) is 0. The van der Waals surface area contributed by atoms with Crippen LogP contribution in [0.4, 0.5) is 0 Å². The van der Waals surface area contributed by atoms with E-state index in [0.29, 0.717) is 0 Å². The summed E-state index contributed by atoms with van der Waals surface area (Å²) in [5.74, 6) is -0.485. The number of halogens is 2. The Labute approximate surface area is 103 Å². The van der Waals surface area contributed by atoms with Crippen molar-refractivity contribution in [3.8, 4) is 0 Å². The molecule has 2 aliphatic heterocycles. The van der Waals surface area contributed by atoms with Gasteiger partial charge >= 0.3 is 5.97 Å². The second-order valence-electron chi connectivity index (χ2n) is 3.93. The van der Waals surface area contributed by atoms with Gasteiger partial charge in [0.15, 0.2) is 0 Å². The molecule has 4 nitrogen and oxygen atoms in total. The van der Waals surface area contributed by atoms with Crippen molar-refractivity contribution in [2.75, 3.05) is 0 Å². The van der Waals surface area contributed by atoms with E-state index < -0.39 is 14.9 Å². The molecule has 1 atom stereocenters. The number of nitrogens with zero attached hydrogens (tertiary/aromatic N) is 1. The molecule has 1 spiro atoms. The molecule has 0 radical (unpaired) electrons. The van der Waals surface area contributed by atoms with Gasteiger partial charge in [0.1, 0.15) is 0 Å². The average molecular weight is 337 g/mol. The van der Waals surface area contributed by atoms with E-state index in [1.54, 1.807) is 11.0 Å². The van der Waals surface area contributed by atoms with Crippen LogP contribution in [0.1, 0.15) is 12.8 Å². The lowest BCUT2D eigenvalue weighted by Gasteiger charge is -2.55. The maximum absolute atomic E-state index is 11.8. The largest absolute Gasteiger partial charge is 0.429 e. The minimum Gasteiger partial charge on any atom is -0.429 e. The molecule has 80 valence electrons. The second-order valence-corrected chi connectivity index (χ2v) is 7.37. The molecule has 6 heteroatoms. The molecule has 3 rings (SSSR count). The Morgan fingerprint density at radius 2 is 2.07 bits per heavy atom. The lowest BCUT2D eigenvalue weighted by molar-refractivity contribution is -0.198. The van der Waals surface area contributed by atoms with Gasteiger partial charge in [0.2, 0.25) is 8.96 Å². The minimum atomic E-state index is -0.988. The van der Waals surface area contributed by atoms with E-state index in [-0.39, 0.29) is 11.9 Å². The number of ether oxygens (including phenoxy) is 1. The first-order chi connectivity index (χ1) is 6.99. The summed E-state index contributed by atoms with van der Waals surface area (Å²) in [4.78, 5) is 24.6. The third-order valence-corrected chi connectivity index (χ3v) is 4.72. The molecular weight excluding hydrogens is 330 g/mol. The van der Waals surface area contributed by atoms with E-state index >= 15 is 0 Å². The Kier molecular flexibility index (Phi) is 1.74. The van der Waals surface area contributed by atoms with Crippen LogP contribution in [0.3, 0.4) is 0 Å². The molecule has 1 aliphatic carbocycles. The highest BCUT2D eigenvalue weighted by Gasteiger charge is 2.75. The summed E-state index contributed by atoms with van der Waals surface area (Å²) in [6.45, 7) is 0. The quantitative estimate of drug-likeness (QED) is 0.412. The van der Waals surface area contributed by atoms with E-state index in [9.17, 15) is 9.59 Å². The zero-order chi connectivity index (χ0) is 10.8. The number of carbonyl (C=O) groups excluding carboxylic acids is 2. The van der Waals surface area contributed by atoms with Gasteiger partial charge in [-0.3, -0.25) is 9.69 Å². The molecule has 0 bridgehead atoms. The number of esters is 1. The van der Waals surface area contributed by atoms with Gasteiger partial charge in [-0.25, -0.2) is 4.79 Å². The van der Waals surface area contributed by atoms with Gasteiger partial charge in [0.05, 0.1) is 0 Å². The van der Waals surface area contributed by atoms with Gasteiger partial charge in [-0.1, -0.05) is 31.9 Å². The van der Waals surface area contributed by atoms with Crippen molar-refractivity contribution >= 4 is 43.7 Å². The smallest absolute Gasteiger partial charge is 0.333 e. The number of amides is 1. The first-order valence-corrected chi connectivity index (χ1v) is 6.21. The lowest BCUT2D eigenvalue weighted by atomic mass is 9.96. The van der Waals surface area contributed by atoms with Crippen LogP contribution in [0.15, 0.2) is 12.2 Å². The van der Waals surface area contributed by atoms with Crippen molar-refractivity contribution in [2.24, 2.45) is 0 Å². The lowest BCUT2D eigenvalue weighted by Crippen LogP contribution is -2.77. The maximum Gasteiger partial charge on any atom is 0.333 e. The van der Waals surface area contributed by atoms with Crippen LogP contribution < -0.4 is 0 Å². The van der Waals surface area contributed by atoms with E-state index in [4.69, 9.17) is 4.74 Å². The van der Waals surface area contributed by atoms with Gasteiger partial charge in [-0.15, -0.1) is 0 Å². The molecule has 2 fully saturated rings.